The molecule has 1 nitrogen and oxygen atoms in total. The van der Waals surface area contributed by atoms with E-state index in [-0.39, 0.29) is 0 Å². The lowest BCUT2D eigenvalue weighted by Gasteiger charge is -2.18. The molecule has 0 saturated heterocycles. The molecule has 0 aliphatic carbocycles. The number of hydrogen-bond donors (Lipinski definition) is 1. The van der Waals surface area contributed by atoms with Gasteiger partial charge in [0.15, 0.2) is 0 Å². The molecular weight excluding hydrogens is 376 g/mol. The van der Waals surface area contributed by atoms with E-state index in [1.54, 1.807) is 0 Å². The molecule has 12 heavy (non-hydrogen) atoms. The Bertz CT molecular complexity index is 310. The van der Waals surface area contributed by atoms with Crippen LogP contribution in [0.1, 0.15) is 11.1 Å². The van der Waals surface area contributed by atoms with Gasteiger partial charge in [0.05, 0.1) is 0 Å². The predicted molar refractivity (Wildman–Crippen MR) is 67.3 cm³/mol. The summed E-state index contributed by atoms with van der Waals surface area (Å²) in [5.74, 6) is 0. The molecule has 1 aromatic carbocycles. The predicted octanol–water partition coefficient (Wildman–Crippen LogP) is 2.54. The summed E-state index contributed by atoms with van der Waals surface area (Å²) in [5, 5.41) is 3.39. The first-order valence-corrected chi connectivity index (χ1v) is 6.10. The third-order valence-electron chi connectivity index (χ3n) is 2.13. The first-order valence-electron chi connectivity index (χ1n) is 3.95. The molecule has 0 fully saturated rings. The molecule has 0 amide bonds. The van der Waals surface area contributed by atoms with Crippen molar-refractivity contribution in [3.8, 4) is 0 Å². The van der Waals surface area contributed by atoms with Gasteiger partial charge in [-0.1, -0.05) is 0 Å². The average molecular weight is 385 g/mol. The quantitative estimate of drug-likeness (QED) is 0.678. The van der Waals surface area contributed by atoms with E-state index in [9.17, 15) is 0 Å². The van der Waals surface area contributed by atoms with Crippen LogP contribution in [0.3, 0.4) is 0 Å². The lowest BCUT2D eigenvalue weighted by Crippen LogP contribution is -2.24. The molecule has 0 unspecified atom stereocenters. The summed E-state index contributed by atoms with van der Waals surface area (Å²) in [6, 6.07) is 4.55. The van der Waals surface area contributed by atoms with E-state index in [1.807, 2.05) is 0 Å². The van der Waals surface area contributed by atoms with Gasteiger partial charge < -0.3 is 5.32 Å². The largest absolute Gasteiger partial charge is 0.312 e. The van der Waals surface area contributed by atoms with Crippen molar-refractivity contribution in [3.63, 3.8) is 0 Å². The van der Waals surface area contributed by atoms with Crippen LogP contribution in [0.15, 0.2) is 12.1 Å². The maximum Gasteiger partial charge on any atom is 0.0218 e. The van der Waals surface area contributed by atoms with Crippen molar-refractivity contribution in [2.45, 2.75) is 13.0 Å². The Morgan fingerprint density at radius 2 is 2.08 bits per heavy atom. The van der Waals surface area contributed by atoms with Crippen LogP contribution in [0.25, 0.3) is 0 Å². The average Bonchev–Trinajstić information content (AvgIpc) is 2.04. The zero-order valence-electron chi connectivity index (χ0n) is 6.53. The van der Waals surface area contributed by atoms with Crippen molar-refractivity contribution in [2.24, 2.45) is 0 Å². The van der Waals surface area contributed by atoms with Crippen molar-refractivity contribution < 1.29 is 0 Å². The second kappa shape index (κ2) is 3.79. The SMILES string of the molecule is Ic1cc(I)c2c(c1)CCNC2. The Hall–Kier alpha value is 0.640. The monoisotopic (exact) mass is 385 g/mol. The van der Waals surface area contributed by atoms with Gasteiger partial charge in [0.1, 0.15) is 0 Å². The molecule has 0 atom stereocenters. The van der Waals surface area contributed by atoms with Crippen molar-refractivity contribution in [1.82, 2.24) is 5.32 Å². The summed E-state index contributed by atoms with van der Waals surface area (Å²) in [6.45, 7) is 2.17. The summed E-state index contributed by atoms with van der Waals surface area (Å²) in [6.07, 6.45) is 1.18. The number of nitrogens with one attached hydrogen (secondary N) is 1. The Morgan fingerprint density at radius 1 is 1.25 bits per heavy atom. The first kappa shape index (κ1) is 9.21. The molecule has 64 valence electrons. The van der Waals surface area contributed by atoms with Crippen LogP contribution in [0.5, 0.6) is 0 Å². The molecule has 1 heterocycles. The number of fused-ring (bicyclic) bond motifs is 1. The van der Waals surface area contributed by atoms with Crippen molar-refractivity contribution >= 4 is 45.2 Å². The van der Waals surface area contributed by atoms with Crippen LogP contribution in [0.2, 0.25) is 0 Å². The van der Waals surface area contributed by atoms with Crippen LogP contribution < -0.4 is 5.32 Å². The molecule has 0 spiro atoms. The first-order chi connectivity index (χ1) is 5.77. The molecule has 0 radical (unpaired) electrons. The summed E-state index contributed by atoms with van der Waals surface area (Å²) in [4.78, 5) is 0. The van der Waals surface area contributed by atoms with Crippen LogP contribution >= 0.6 is 45.2 Å². The Balaban J connectivity index is 2.53. The number of halogens is 2. The molecule has 0 saturated carbocycles. The van der Waals surface area contributed by atoms with E-state index < -0.39 is 0 Å². The fourth-order valence-electron chi connectivity index (χ4n) is 1.51. The van der Waals surface area contributed by atoms with Gasteiger partial charge in [0.25, 0.3) is 0 Å². The molecule has 2 rings (SSSR count). The third-order valence-corrected chi connectivity index (χ3v) is 3.71. The minimum Gasteiger partial charge on any atom is -0.312 e. The lowest BCUT2D eigenvalue weighted by molar-refractivity contribution is 0.641. The van der Waals surface area contributed by atoms with Crippen molar-refractivity contribution in [2.75, 3.05) is 6.54 Å². The zero-order chi connectivity index (χ0) is 8.55. The number of rotatable bonds is 0. The van der Waals surface area contributed by atoms with E-state index in [1.165, 1.54) is 24.7 Å². The molecule has 0 aromatic heterocycles. The van der Waals surface area contributed by atoms with Crippen LogP contribution in [-0.4, -0.2) is 6.54 Å². The topological polar surface area (TPSA) is 12.0 Å². The van der Waals surface area contributed by atoms with Crippen LogP contribution in [0.4, 0.5) is 0 Å². The van der Waals surface area contributed by atoms with Crippen LogP contribution in [-0.2, 0) is 13.0 Å². The van der Waals surface area contributed by atoms with Crippen LogP contribution in [0, 0.1) is 7.14 Å². The summed E-state index contributed by atoms with van der Waals surface area (Å²) < 4.78 is 2.76. The Kier molecular flexibility index (Phi) is 2.91. The molecular formula is C9H9I2N. The van der Waals surface area contributed by atoms with E-state index in [2.05, 4.69) is 62.6 Å². The van der Waals surface area contributed by atoms with Gasteiger partial charge in [-0.2, -0.15) is 0 Å². The highest BCUT2D eigenvalue weighted by Gasteiger charge is 2.11. The molecule has 1 aromatic rings. The van der Waals surface area contributed by atoms with Gasteiger partial charge in [-0.25, -0.2) is 0 Å². The highest BCUT2D eigenvalue weighted by Crippen LogP contribution is 2.23. The molecule has 1 aliphatic rings. The second-order valence-electron chi connectivity index (χ2n) is 2.95. The molecule has 3 heteroatoms. The smallest absolute Gasteiger partial charge is 0.0218 e. The second-order valence-corrected chi connectivity index (χ2v) is 5.36. The molecule has 1 aliphatic heterocycles. The fraction of sp³-hybridized carbons (Fsp3) is 0.333. The van der Waals surface area contributed by atoms with Gasteiger partial charge in [-0.15, -0.1) is 0 Å². The van der Waals surface area contributed by atoms with E-state index in [0.29, 0.717) is 0 Å². The van der Waals surface area contributed by atoms with Crippen molar-refractivity contribution in [1.29, 1.82) is 0 Å². The van der Waals surface area contributed by atoms with Gasteiger partial charge >= 0.3 is 0 Å². The minimum absolute atomic E-state index is 1.05. The normalized spacial score (nSPS) is 15.8. The fourth-order valence-corrected chi connectivity index (χ4v) is 3.67. The molecule has 0 bridgehead atoms. The zero-order valence-corrected chi connectivity index (χ0v) is 10.8. The maximum atomic E-state index is 3.39. The standard InChI is InChI=1S/C9H9I2N/c10-7-3-6-1-2-12-5-8(6)9(11)4-7/h3-4,12H,1-2,5H2. The Morgan fingerprint density at radius 3 is 2.92 bits per heavy atom. The minimum atomic E-state index is 1.05. The summed E-state index contributed by atoms with van der Waals surface area (Å²) in [7, 11) is 0. The van der Waals surface area contributed by atoms with Crippen molar-refractivity contribution in [3.05, 3.63) is 30.4 Å². The van der Waals surface area contributed by atoms with Gasteiger partial charge in [0.2, 0.25) is 0 Å². The summed E-state index contributed by atoms with van der Waals surface area (Å²) >= 11 is 4.81. The maximum absolute atomic E-state index is 3.39. The highest BCUT2D eigenvalue weighted by atomic mass is 127. The van der Waals surface area contributed by atoms with E-state index in [0.717, 1.165) is 13.1 Å². The van der Waals surface area contributed by atoms with E-state index in [4.69, 9.17) is 0 Å². The highest BCUT2D eigenvalue weighted by molar-refractivity contribution is 14.1. The number of benzene rings is 1. The lowest BCUT2D eigenvalue weighted by atomic mass is 10.0. The number of hydrogen-bond acceptors (Lipinski definition) is 1. The van der Waals surface area contributed by atoms with Gasteiger partial charge in [-0.05, 0) is 81.4 Å². The third kappa shape index (κ3) is 1.77. The Labute approximate surface area is 99.6 Å². The van der Waals surface area contributed by atoms with Gasteiger partial charge in [0, 0.05) is 13.7 Å². The molecule has 1 N–H and O–H groups in total. The summed E-state index contributed by atoms with van der Waals surface area (Å²) in [5.41, 5.74) is 3.03. The van der Waals surface area contributed by atoms with E-state index >= 15 is 0 Å². The van der Waals surface area contributed by atoms with Gasteiger partial charge in [-0.3, -0.25) is 0 Å².